The topological polar surface area (TPSA) is 60.9 Å². The van der Waals surface area contributed by atoms with Gasteiger partial charge in [-0.05, 0) is 46.5 Å². The van der Waals surface area contributed by atoms with Gasteiger partial charge < -0.3 is 14.9 Å². The van der Waals surface area contributed by atoms with E-state index in [2.05, 4.69) is 6.92 Å². The summed E-state index contributed by atoms with van der Waals surface area (Å²) in [6, 6.07) is 0.137. The molecule has 0 aromatic rings. The standard InChI is InChI=1S/C15H28N2O3/c1-5-9-12-10-7-8-11-16(12)14(20)17(6-2)15(3,4)13(18)19/h12H,5-11H2,1-4H3,(H,18,19). The molecule has 1 saturated heterocycles. The lowest BCUT2D eigenvalue weighted by atomic mass is 9.97. The average molecular weight is 284 g/mol. The van der Waals surface area contributed by atoms with Crippen LogP contribution >= 0.6 is 0 Å². The molecule has 0 aromatic carbocycles. The van der Waals surface area contributed by atoms with Gasteiger partial charge in [-0.25, -0.2) is 9.59 Å². The van der Waals surface area contributed by atoms with Crippen LogP contribution in [-0.4, -0.2) is 51.6 Å². The number of carboxylic acid groups (broad SMARTS) is 1. The van der Waals surface area contributed by atoms with Crippen LogP contribution < -0.4 is 0 Å². The minimum absolute atomic E-state index is 0.127. The van der Waals surface area contributed by atoms with Crippen molar-refractivity contribution in [3.05, 3.63) is 0 Å². The maximum Gasteiger partial charge on any atom is 0.329 e. The maximum absolute atomic E-state index is 12.8. The number of urea groups is 1. The van der Waals surface area contributed by atoms with Gasteiger partial charge >= 0.3 is 12.0 Å². The molecule has 1 aliphatic rings. The minimum atomic E-state index is -1.17. The van der Waals surface area contributed by atoms with Gasteiger partial charge in [-0.15, -0.1) is 0 Å². The van der Waals surface area contributed by atoms with Gasteiger partial charge in [-0.3, -0.25) is 0 Å². The zero-order chi connectivity index (χ0) is 15.3. The zero-order valence-corrected chi connectivity index (χ0v) is 13.2. The molecule has 1 fully saturated rings. The fourth-order valence-corrected chi connectivity index (χ4v) is 2.93. The third-order valence-corrected chi connectivity index (χ3v) is 4.24. The number of carbonyl (C=O) groups excluding carboxylic acids is 1. The number of piperidine rings is 1. The number of hydrogen-bond acceptors (Lipinski definition) is 2. The van der Waals surface area contributed by atoms with E-state index in [1.165, 1.54) is 4.90 Å². The molecule has 1 atom stereocenters. The highest BCUT2D eigenvalue weighted by atomic mass is 16.4. The Morgan fingerprint density at radius 1 is 1.30 bits per heavy atom. The van der Waals surface area contributed by atoms with Crippen LogP contribution in [0.3, 0.4) is 0 Å². The fraction of sp³-hybridized carbons (Fsp3) is 0.867. The zero-order valence-electron chi connectivity index (χ0n) is 13.2. The first-order chi connectivity index (χ1) is 9.36. The van der Waals surface area contributed by atoms with E-state index in [9.17, 15) is 14.7 Å². The van der Waals surface area contributed by atoms with E-state index in [-0.39, 0.29) is 12.1 Å². The largest absolute Gasteiger partial charge is 0.480 e. The minimum Gasteiger partial charge on any atom is -0.480 e. The Hall–Kier alpha value is -1.26. The van der Waals surface area contributed by atoms with Crippen molar-refractivity contribution in [3.63, 3.8) is 0 Å². The molecule has 20 heavy (non-hydrogen) atoms. The number of nitrogens with zero attached hydrogens (tertiary/aromatic N) is 2. The summed E-state index contributed by atoms with van der Waals surface area (Å²) in [5.41, 5.74) is -1.17. The molecule has 116 valence electrons. The highest BCUT2D eigenvalue weighted by Crippen LogP contribution is 2.25. The van der Waals surface area contributed by atoms with Crippen molar-refractivity contribution in [1.82, 2.24) is 9.80 Å². The van der Waals surface area contributed by atoms with Gasteiger partial charge in [0.15, 0.2) is 0 Å². The molecule has 0 spiro atoms. The Labute approximate surface area is 121 Å². The molecule has 0 bridgehead atoms. The first-order valence-electron chi connectivity index (χ1n) is 7.67. The van der Waals surface area contributed by atoms with Crippen LogP contribution in [0.25, 0.3) is 0 Å². The second kappa shape index (κ2) is 6.95. The average Bonchev–Trinajstić information content (AvgIpc) is 2.40. The second-order valence-electron chi connectivity index (χ2n) is 6.02. The van der Waals surface area contributed by atoms with Gasteiger partial charge in [-0.2, -0.15) is 0 Å². The highest BCUT2D eigenvalue weighted by Gasteiger charge is 2.40. The lowest BCUT2D eigenvalue weighted by molar-refractivity contribution is -0.147. The van der Waals surface area contributed by atoms with Crippen molar-refractivity contribution in [2.45, 2.75) is 71.4 Å². The normalized spacial score (nSPS) is 19.8. The van der Waals surface area contributed by atoms with Crippen molar-refractivity contribution in [3.8, 4) is 0 Å². The molecular weight excluding hydrogens is 256 g/mol. The molecule has 0 aromatic heterocycles. The van der Waals surface area contributed by atoms with Crippen molar-refractivity contribution in [1.29, 1.82) is 0 Å². The van der Waals surface area contributed by atoms with Gasteiger partial charge in [0.25, 0.3) is 0 Å². The Kier molecular flexibility index (Phi) is 5.84. The third kappa shape index (κ3) is 3.44. The molecule has 0 radical (unpaired) electrons. The molecule has 5 nitrogen and oxygen atoms in total. The molecule has 0 aliphatic carbocycles. The van der Waals surface area contributed by atoms with Crippen LogP contribution in [-0.2, 0) is 4.79 Å². The van der Waals surface area contributed by atoms with Gasteiger partial charge in [-0.1, -0.05) is 13.3 Å². The molecule has 1 N–H and O–H groups in total. The van der Waals surface area contributed by atoms with E-state index in [0.717, 1.165) is 38.6 Å². The lowest BCUT2D eigenvalue weighted by Gasteiger charge is -2.43. The quantitative estimate of drug-likeness (QED) is 0.844. The molecule has 1 aliphatic heterocycles. The summed E-state index contributed by atoms with van der Waals surface area (Å²) in [6.07, 6.45) is 5.24. The summed E-state index contributed by atoms with van der Waals surface area (Å²) in [5, 5.41) is 9.35. The van der Waals surface area contributed by atoms with Crippen molar-refractivity contribution < 1.29 is 14.7 Å². The number of rotatable bonds is 5. The predicted octanol–water partition coefficient (Wildman–Crippen LogP) is 2.95. The van der Waals surface area contributed by atoms with E-state index in [4.69, 9.17) is 0 Å². The first kappa shape index (κ1) is 16.8. The number of carbonyl (C=O) groups is 2. The van der Waals surface area contributed by atoms with Crippen LogP contribution in [0.2, 0.25) is 0 Å². The van der Waals surface area contributed by atoms with E-state index in [1.807, 2.05) is 11.8 Å². The smallest absolute Gasteiger partial charge is 0.329 e. The number of hydrogen-bond donors (Lipinski definition) is 1. The number of likely N-dealkylation sites (tertiary alicyclic amines) is 1. The Morgan fingerprint density at radius 2 is 1.95 bits per heavy atom. The van der Waals surface area contributed by atoms with Crippen LogP contribution in [0.5, 0.6) is 0 Å². The summed E-state index contributed by atoms with van der Waals surface area (Å²) < 4.78 is 0. The van der Waals surface area contributed by atoms with Crippen molar-refractivity contribution >= 4 is 12.0 Å². The molecule has 1 unspecified atom stereocenters. The number of carboxylic acids is 1. The lowest BCUT2D eigenvalue weighted by Crippen LogP contribution is -2.59. The Bertz CT molecular complexity index is 353. The number of amides is 2. The van der Waals surface area contributed by atoms with Gasteiger partial charge in [0, 0.05) is 19.1 Å². The van der Waals surface area contributed by atoms with Crippen molar-refractivity contribution in [2.75, 3.05) is 13.1 Å². The summed E-state index contributed by atoms with van der Waals surface area (Å²) in [4.78, 5) is 27.5. The van der Waals surface area contributed by atoms with Gasteiger partial charge in [0.05, 0.1) is 0 Å². The van der Waals surface area contributed by atoms with Crippen LogP contribution in [0.1, 0.15) is 59.8 Å². The highest BCUT2D eigenvalue weighted by molar-refractivity contribution is 5.85. The summed E-state index contributed by atoms with van der Waals surface area (Å²) in [7, 11) is 0. The van der Waals surface area contributed by atoms with E-state index in [0.29, 0.717) is 6.54 Å². The van der Waals surface area contributed by atoms with E-state index < -0.39 is 11.5 Å². The Morgan fingerprint density at radius 3 is 2.45 bits per heavy atom. The van der Waals surface area contributed by atoms with Crippen LogP contribution in [0.4, 0.5) is 4.79 Å². The summed E-state index contributed by atoms with van der Waals surface area (Å²) >= 11 is 0. The molecule has 0 saturated carbocycles. The van der Waals surface area contributed by atoms with E-state index in [1.54, 1.807) is 13.8 Å². The third-order valence-electron chi connectivity index (χ3n) is 4.24. The number of aliphatic carboxylic acids is 1. The SMILES string of the molecule is CCCC1CCCCN1C(=O)N(CC)C(C)(C)C(=O)O. The Balaban J connectivity index is 2.91. The van der Waals surface area contributed by atoms with Crippen molar-refractivity contribution in [2.24, 2.45) is 0 Å². The number of likely N-dealkylation sites (N-methyl/N-ethyl adjacent to an activating group) is 1. The van der Waals surface area contributed by atoms with E-state index >= 15 is 0 Å². The predicted molar refractivity (Wildman–Crippen MR) is 78.7 cm³/mol. The maximum atomic E-state index is 12.8. The molecule has 1 rings (SSSR count). The first-order valence-corrected chi connectivity index (χ1v) is 7.67. The monoisotopic (exact) mass is 284 g/mol. The second-order valence-corrected chi connectivity index (χ2v) is 6.02. The van der Waals surface area contributed by atoms with Crippen LogP contribution in [0.15, 0.2) is 0 Å². The molecule has 2 amide bonds. The van der Waals surface area contributed by atoms with Gasteiger partial charge in [0.1, 0.15) is 5.54 Å². The fourth-order valence-electron chi connectivity index (χ4n) is 2.93. The molecule has 5 heteroatoms. The van der Waals surface area contributed by atoms with Gasteiger partial charge in [0.2, 0.25) is 0 Å². The molecule has 1 heterocycles. The summed E-state index contributed by atoms with van der Waals surface area (Å²) in [5.74, 6) is -0.961. The van der Waals surface area contributed by atoms with Crippen LogP contribution in [0, 0.1) is 0 Å². The summed E-state index contributed by atoms with van der Waals surface area (Å²) in [6.45, 7) is 8.30. The molecular formula is C15H28N2O3.